The molecule has 1 aromatic rings. The Morgan fingerprint density at radius 3 is 1.44 bits per heavy atom. The fraction of sp³-hybridized carbons (Fsp3) is 0.769. The predicted molar refractivity (Wildman–Crippen MR) is 124 cm³/mol. The maximum Gasteiger partial charge on any atom is 0.104 e. The Balaban J connectivity index is 0.00000676. The number of rotatable bonds is 17. The highest BCUT2D eigenvalue weighted by Gasteiger charge is 2.14. The minimum Gasteiger partial charge on any atom is -0.325 e. The van der Waals surface area contributed by atoms with Crippen molar-refractivity contribution in [1.82, 2.24) is 0 Å². The molecular formula is C26H50N+. The smallest absolute Gasteiger partial charge is 0.104 e. The van der Waals surface area contributed by atoms with Gasteiger partial charge in [0.25, 0.3) is 0 Å². The molecule has 0 N–H and O–H groups in total. The molecule has 1 heteroatoms. The van der Waals surface area contributed by atoms with Crippen molar-refractivity contribution in [1.29, 1.82) is 0 Å². The summed E-state index contributed by atoms with van der Waals surface area (Å²) in [6.07, 6.45) is 20.2. The molecule has 1 aromatic carbocycles. The Bertz CT molecular complexity index is 409. The van der Waals surface area contributed by atoms with Crippen molar-refractivity contribution < 1.29 is 4.48 Å². The maximum absolute atomic E-state index is 2.37. The average molecular weight is 377 g/mol. The standard InChI is InChI=1S/C25H46N.CH4/c1-4-5-6-7-8-9-10-11-12-13-14-15-16-20-23-26(2,3)24-25-21-18-17-19-22-25;/h17-19,21-22H,4-16,20,23-24H2,1-3H3;1H4/q+1;. The number of unbranched alkanes of at least 4 members (excludes halogenated alkanes) is 13. The molecule has 1 rings (SSSR count). The summed E-state index contributed by atoms with van der Waals surface area (Å²) in [6.45, 7) is 4.75. The van der Waals surface area contributed by atoms with Gasteiger partial charge in [-0.2, -0.15) is 0 Å². The zero-order valence-electron chi connectivity index (χ0n) is 18.1. The van der Waals surface area contributed by atoms with Gasteiger partial charge in [-0.15, -0.1) is 0 Å². The largest absolute Gasteiger partial charge is 0.325 e. The molecule has 0 amide bonds. The Labute approximate surface area is 172 Å². The first kappa shape index (κ1) is 26.2. The van der Waals surface area contributed by atoms with Crippen molar-refractivity contribution in [2.75, 3.05) is 20.6 Å². The molecule has 0 aliphatic carbocycles. The summed E-state index contributed by atoms with van der Waals surface area (Å²) >= 11 is 0. The van der Waals surface area contributed by atoms with Crippen LogP contribution in [-0.2, 0) is 6.54 Å². The van der Waals surface area contributed by atoms with E-state index in [1.807, 2.05) is 0 Å². The molecule has 158 valence electrons. The third kappa shape index (κ3) is 15.9. The van der Waals surface area contributed by atoms with Gasteiger partial charge in [0.2, 0.25) is 0 Å². The topological polar surface area (TPSA) is 0 Å². The maximum atomic E-state index is 2.37. The summed E-state index contributed by atoms with van der Waals surface area (Å²) in [5.41, 5.74) is 1.46. The van der Waals surface area contributed by atoms with Crippen molar-refractivity contribution in [3.8, 4) is 0 Å². The van der Waals surface area contributed by atoms with Crippen LogP contribution in [0.4, 0.5) is 0 Å². The molecule has 0 saturated heterocycles. The molecular weight excluding hydrogens is 326 g/mol. The van der Waals surface area contributed by atoms with E-state index in [1.165, 1.54) is 102 Å². The summed E-state index contributed by atoms with van der Waals surface area (Å²) in [6, 6.07) is 10.9. The summed E-state index contributed by atoms with van der Waals surface area (Å²) in [5, 5.41) is 0. The molecule has 27 heavy (non-hydrogen) atoms. The van der Waals surface area contributed by atoms with Gasteiger partial charge >= 0.3 is 0 Å². The van der Waals surface area contributed by atoms with Crippen molar-refractivity contribution in [3.63, 3.8) is 0 Å². The molecule has 0 fully saturated rings. The lowest BCUT2D eigenvalue weighted by molar-refractivity contribution is -0.903. The zero-order chi connectivity index (χ0) is 18.9. The molecule has 0 bridgehead atoms. The summed E-state index contributed by atoms with van der Waals surface area (Å²) < 4.78 is 1.11. The van der Waals surface area contributed by atoms with Crippen LogP contribution in [0.3, 0.4) is 0 Å². The molecule has 0 aliphatic rings. The van der Waals surface area contributed by atoms with Crippen molar-refractivity contribution >= 4 is 0 Å². The van der Waals surface area contributed by atoms with Crippen LogP contribution in [0.5, 0.6) is 0 Å². The third-order valence-corrected chi connectivity index (χ3v) is 5.57. The van der Waals surface area contributed by atoms with E-state index in [1.54, 1.807) is 0 Å². The average Bonchev–Trinajstić information content (AvgIpc) is 2.62. The van der Waals surface area contributed by atoms with E-state index in [0.29, 0.717) is 0 Å². The molecule has 0 spiro atoms. The summed E-state index contributed by atoms with van der Waals surface area (Å²) in [5.74, 6) is 0. The fourth-order valence-corrected chi connectivity index (χ4v) is 3.89. The first-order valence-electron chi connectivity index (χ1n) is 11.5. The lowest BCUT2D eigenvalue weighted by Gasteiger charge is -2.30. The van der Waals surface area contributed by atoms with Crippen LogP contribution in [0.1, 0.15) is 110 Å². The number of quaternary nitrogens is 1. The highest BCUT2D eigenvalue weighted by atomic mass is 15.3. The van der Waals surface area contributed by atoms with Crippen molar-refractivity contribution in [3.05, 3.63) is 35.9 Å². The Hall–Kier alpha value is -0.820. The molecule has 0 aliphatic heterocycles. The van der Waals surface area contributed by atoms with Gasteiger partial charge in [-0.05, 0) is 12.8 Å². The van der Waals surface area contributed by atoms with Crippen LogP contribution in [0, 0.1) is 0 Å². The molecule has 0 heterocycles. The van der Waals surface area contributed by atoms with Gasteiger partial charge in [0.15, 0.2) is 0 Å². The van der Waals surface area contributed by atoms with Crippen LogP contribution >= 0.6 is 0 Å². The second-order valence-electron chi connectivity index (χ2n) is 8.90. The normalized spacial score (nSPS) is 11.4. The van der Waals surface area contributed by atoms with Gasteiger partial charge in [0.1, 0.15) is 6.54 Å². The predicted octanol–water partition coefficient (Wildman–Crippen LogP) is 8.38. The molecule has 0 aromatic heterocycles. The van der Waals surface area contributed by atoms with E-state index >= 15 is 0 Å². The number of hydrogen-bond acceptors (Lipinski definition) is 0. The van der Waals surface area contributed by atoms with Gasteiger partial charge in [-0.1, -0.05) is 122 Å². The Kier molecular flexibility index (Phi) is 16.8. The van der Waals surface area contributed by atoms with Crippen molar-refractivity contribution in [2.24, 2.45) is 0 Å². The second-order valence-corrected chi connectivity index (χ2v) is 8.90. The van der Waals surface area contributed by atoms with Gasteiger partial charge in [-0.3, -0.25) is 0 Å². The second kappa shape index (κ2) is 17.3. The van der Waals surface area contributed by atoms with Crippen LogP contribution in [0.15, 0.2) is 30.3 Å². The van der Waals surface area contributed by atoms with Crippen LogP contribution in [0.25, 0.3) is 0 Å². The highest BCUT2D eigenvalue weighted by molar-refractivity contribution is 5.13. The van der Waals surface area contributed by atoms with Crippen LogP contribution in [0.2, 0.25) is 0 Å². The Morgan fingerprint density at radius 1 is 0.593 bits per heavy atom. The molecule has 0 saturated carbocycles. The van der Waals surface area contributed by atoms with Crippen LogP contribution in [-0.4, -0.2) is 25.1 Å². The highest BCUT2D eigenvalue weighted by Crippen LogP contribution is 2.14. The SMILES string of the molecule is C.CCCCCCCCCCCCCCCC[N+](C)(C)Cc1ccccc1. The van der Waals surface area contributed by atoms with E-state index in [-0.39, 0.29) is 7.43 Å². The quantitative estimate of drug-likeness (QED) is 0.189. The van der Waals surface area contributed by atoms with E-state index in [4.69, 9.17) is 0 Å². The van der Waals surface area contributed by atoms with Gasteiger partial charge in [0.05, 0.1) is 20.6 Å². The van der Waals surface area contributed by atoms with Crippen molar-refractivity contribution in [2.45, 2.75) is 111 Å². The molecule has 0 radical (unpaired) electrons. The summed E-state index contributed by atoms with van der Waals surface area (Å²) in [4.78, 5) is 0. The zero-order valence-corrected chi connectivity index (χ0v) is 18.1. The minimum absolute atomic E-state index is 0. The van der Waals surface area contributed by atoms with E-state index in [0.717, 1.165) is 11.0 Å². The van der Waals surface area contributed by atoms with E-state index in [9.17, 15) is 0 Å². The first-order chi connectivity index (χ1) is 12.6. The van der Waals surface area contributed by atoms with E-state index < -0.39 is 0 Å². The molecule has 0 atom stereocenters. The van der Waals surface area contributed by atoms with E-state index in [2.05, 4.69) is 51.4 Å². The first-order valence-corrected chi connectivity index (χ1v) is 11.5. The lowest BCUT2D eigenvalue weighted by atomic mass is 10.0. The third-order valence-electron chi connectivity index (χ3n) is 5.57. The number of benzene rings is 1. The summed E-state index contributed by atoms with van der Waals surface area (Å²) in [7, 11) is 4.74. The molecule has 1 nitrogen and oxygen atoms in total. The van der Waals surface area contributed by atoms with Gasteiger partial charge in [0, 0.05) is 5.56 Å². The molecule has 0 unspecified atom stereocenters. The van der Waals surface area contributed by atoms with Gasteiger partial charge in [-0.25, -0.2) is 0 Å². The van der Waals surface area contributed by atoms with Gasteiger partial charge < -0.3 is 4.48 Å². The fourth-order valence-electron chi connectivity index (χ4n) is 3.89. The lowest BCUT2D eigenvalue weighted by Crippen LogP contribution is -2.39. The number of hydrogen-bond donors (Lipinski definition) is 0. The number of nitrogens with zero attached hydrogens (tertiary/aromatic N) is 1. The van der Waals surface area contributed by atoms with Crippen LogP contribution < -0.4 is 0 Å². The monoisotopic (exact) mass is 376 g/mol. The minimum atomic E-state index is 0. The Morgan fingerprint density at radius 2 is 1.00 bits per heavy atom.